The number of hydrogen-bond acceptors (Lipinski definition) is 8. The summed E-state index contributed by atoms with van der Waals surface area (Å²) in [5.74, 6) is -1.87. The number of rotatable bonds is 4. The van der Waals surface area contributed by atoms with Crippen LogP contribution < -0.4 is 0 Å². The van der Waals surface area contributed by atoms with Gasteiger partial charge in [-0.3, -0.25) is 4.79 Å². The van der Waals surface area contributed by atoms with Gasteiger partial charge in [0.2, 0.25) is 0 Å². The molecule has 0 radical (unpaired) electrons. The molecule has 0 bridgehead atoms. The van der Waals surface area contributed by atoms with Gasteiger partial charge in [0.1, 0.15) is 18.3 Å². The zero-order valence-electron chi connectivity index (χ0n) is 14.9. The average Bonchev–Trinajstić information content (AvgIpc) is 3.02. The Morgan fingerprint density at radius 3 is 2.42 bits per heavy atom. The fourth-order valence-electron chi connectivity index (χ4n) is 3.77. The van der Waals surface area contributed by atoms with Gasteiger partial charge >= 0.3 is 5.97 Å². The van der Waals surface area contributed by atoms with Crippen LogP contribution in [0.3, 0.4) is 0 Å². The molecule has 0 spiro atoms. The number of esters is 1. The van der Waals surface area contributed by atoms with Crippen LogP contribution in [0.15, 0.2) is 0 Å². The van der Waals surface area contributed by atoms with Gasteiger partial charge in [0.25, 0.3) is 0 Å². The lowest BCUT2D eigenvalue weighted by Gasteiger charge is -2.32. The number of ether oxygens (including phenoxy) is 5. The molecule has 0 aromatic carbocycles. The van der Waals surface area contributed by atoms with E-state index in [-0.39, 0.29) is 18.5 Å². The summed E-state index contributed by atoms with van der Waals surface area (Å²) in [6.45, 7) is 9.68. The molecule has 0 aromatic heterocycles. The van der Waals surface area contributed by atoms with Crippen molar-refractivity contribution in [3.63, 3.8) is 0 Å². The van der Waals surface area contributed by atoms with Gasteiger partial charge in [0, 0.05) is 0 Å². The SMILES string of the molecule is CCOC(=O)CC1[C@H]2OC(C)(C)O[C@H]2C(C2COC(C)(C)O2)N1O. The first kappa shape index (κ1) is 18.0. The molecule has 3 unspecified atom stereocenters. The minimum absolute atomic E-state index is 0.0262. The molecule has 3 saturated heterocycles. The number of hydrogen-bond donors (Lipinski definition) is 1. The highest BCUT2D eigenvalue weighted by molar-refractivity contribution is 5.70. The summed E-state index contributed by atoms with van der Waals surface area (Å²) in [6.07, 6.45) is -1.20. The Morgan fingerprint density at radius 1 is 1.17 bits per heavy atom. The number of carbonyl (C=O) groups excluding carboxylic acids is 1. The van der Waals surface area contributed by atoms with Crippen LogP contribution >= 0.6 is 0 Å². The second-order valence-corrected chi connectivity index (χ2v) is 7.38. The monoisotopic (exact) mass is 345 g/mol. The van der Waals surface area contributed by atoms with E-state index in [4.69, 9.17) is 23.7 Å². The Morgan fingerprint density at radius 2 is 1.83 bits per heavy atom. The molecular weight excluding hydrogens is 318 g/mol. The van der Waals surface area contributed by atoms with Gasteiger partial charge in [0.05, 0.1) is 31.7 Å². The summed E-state index contributed by atoms with van der Waals surface area (Å²) in [4.78, 5) is 11.9. The molecule has 0 aromatic rings. The van der Waals surface area contributed by atoms with Gasteiger partial charge in [0.15, 0.2) is 11.6 Å². The van der Waals surface area contributed by atoms with Gasteiger partial charge in [-0.1, -0.05) is 0 Å². The minimum Gasteiger partial charge on any atom is -0.466 e. The van der Waals surface area contributed by atoms with Crippen molar-refractivity contribution in [2.24, 2.45) is 0 Å². The molecule has 0 amide bonds. The van der Waals surface area contributed by atoms with E-state index in [9.17, 15) is 10.0 Å². The largest absolute Gasteiger partial charge is 0.466 e. The third-order valence-electron chi connectivity index (χ3n) is 4.62. The van der Waals surface area contributed by atoms with Crippen LogP contribution in [0.5, 0.6) is 0 Å². The summed E-state index contributed by atoms with van der Waals surface area (Å²) >= 11 is 0. The summed E-state index contributed by atoms with van der Waals surface area (Å²) in [6, 6.07) is -1.02. The first-order chi connectivity index (χ1) is 11.1. The molecule has 8 heteroatoms. The van der Waals surface area contributed by atoms with Crippen LogP contribution in [-0.2, 0) is 28.5 Å². The first-order valence-corrected chi connectivity index (χ1v) is 8.44. The Kier molecular flexibility index (Phi) is 4.65. The quantitative estimate of drug-likeness (QED) is 0.757. The highest BCUT2D eigenvalue weighted by Crippen LogP contribution is 2.43. The van der Waals surface area contributed by atoms with Gasteiger partial charge in [-0.25, -0.2) is 0 Å². The van der Waals surface area contributed by atoms with E-state index in [1.54, 1.807) is 6.92 Å². The molecule has 8 nitrogen and oxygen atoms in total. The maximum Gasteiger partial charge on any atom is 0.307 e. The number of hydroxylamine groups is 2. The molecule has 1 N–H and O–H groups in total. The number of carbonyl (C=O) groups is 1. The van der Waals surface area contributed by atoms with E-state index in [1.165, 1.54) is 0 Å². The average molecular weight is 345 g/mol. The van der Waals surface area contributed by atoms with E-state index >= 15 is 0 Å². The highest BCUT2D eigenvalue weighted by Gasteiger charge is 2.61. The van der Waals surface area contributed by atoms with Crippen molar-refractivity contribution in [3.8, 4) is 0 Å². The van der Waals surface area contributed by atoms with Crippen molar-refractivity contribution in [1.29, 1.82) is 0 Å². The molecule has 3 rings (SSSR count). The predicted octanol–water partition coefficient (Wildman–Crippen LogP) is 1.05. The summed E-state index contributed by atoms with van der Waals surface area (Å²) in [5, 5.41) is 11.8. The van der Waals surface area contributed by atoms with Crippen molar-refractivity contribution in [2.45, 2.75) is 83.0 Å². The van der Waals surface area contributed by atoms with E-state index in [0.717, 1.165) is 5.06 Å². The Bertz CT molecular complexity index is 495. The maximum atomic E-state index is 11.9. The lowest BCUT2D eigenvalue weighted by Crippen LogP contribution is -2.48. The zero-order valence-corrected chi connectivity index (χ0v) is 14.9. The van der Waals surface area contributed by atoms with Gasteiger partial charge in [-0.05, 0) is 34.6 Å². The fraction of sp³-hybridized carbons (Fsp3) is 0.938. The molecule has 24 heavy (non-hydrogen) atoms. The molecule has 5 atom stereocenters. The highest BCUT2D eigenvalue weighted by atomic mass is 16.8. The first-order valence-electron chi connectivity index (χ1n) is 8.44. The third kappa shape index (κ3) is 3.31. The lowest BCUT2D eigenvalue weighted by molar-refractivity contribution is -0.236. The molecule has 3 aliphatic heterocycles. The van der Waals surface area contributed by atoms with Crippen LogP contribution in [0.25, 0.3) is 0 Å². The van der Waals surface area contributed by atoms with E-state index in [2.05, 4.69) is 0 Å². The topological polar surface area (TPSA) is 86.7 Å². The Hall–Kier alpha value is -0.770. The van der Waals surface area contributed by atoms with E-state index in [0.29, 0.717) is 13.2 Å². The van der Waals surface area contributed by atoms with Crippen molar-refractivity contribution < 1.29 is 33.7 Å². The van der Waals surface area contributed by atoms with E-state index < -0.39 is 35.9 Å². The van der Waals surface area contributed by atoms with Crippen LogP contribution in [0.4, 0.5) is 0 Å². The smallest absolute Gasteiger partial charge is 0.307 e. The second kappa shape index (κ2) is 6.19. The van der Waals surface area contributed by atoms with Crippen molar-refractivity contribution in [2.75, 3.05) is 13.2 Å². The third-order valence-corrected chi connectivity index (χ3v) is 4.62. The molecule has 3 fully saturated rings. The Balaban J connectivity index is 1.80. The van der Waals surface area contributed by atoms with Crippen LogP contribution in [0, 0.1) is 0 Å². The van der Waals surface area contributed by atoms with Crippen LogP contribution in [0.2, 0.25) is 0 Å². The van der Waals surface area contributed by atoms with Gasteiger partial charge in [-0.2, -0.15) is 5.06 Å². The van der Waals surface area contributed by atoms with Crippen LogP contribution in [-0.4, -0.2) is 71.4 Å². The fourth-order valence-corrected chi connectivity index (χ4v) is 3.77. The number of nitrogens with zero attached hydrogens (tertiary/aromatic N) is 1. The van der Waals surface area contributed by atoms with Gasteiger partial charge in [-0.15, -0.1) is 0 Å². The van der Waals surface area contributed by atoms with E-state index in [1.807, 2.05) is 27.7 Å². The predicted molar refractivity (Wildman–Crippen MR) is 81.2 cm³/mol. The molecule has 3 aliphatic rings. The molecule has 3 heterocycles. The molecule has 0 aliphatic carbocycles. The van der Waals surface area contributed by atoms with Crippen molar-refractivity contribution in [1.82, 2.24) is 5.06 Å². The van der Waals surface area contributed by atoms with Crippen molar-refractivity contribution >= 4 is 5.97 Å². The maximum absolute atomic E-state index is 11.9. The van der Waals surface area contributed by atoms with Gasteiger partial charge < -0.3 is 28.9 Å². The Labute approximate surface area is 141 Å². The summed E-state index contributed by atoms with van der Waals surface area (Å²) in [7, 11) is 0. The summed E-state index contributed by atoms with van der Waals surface area (Å²) in [5.41, 5.74) is 0. The lowest BCUT2D eigenvalue weighted by atomic mass is 10.0. The standard InChI is InChI=1S/C16H27NO7/c1-6-20-11(18)7-9-13-14(24-16(4,5)23-13)12(17(9)19)10-8-21-15(2,3)22-10/h9-10,12-14,19H,6-8H2,1-5H3/t9?,10?,12?,13-,14+/m1/s1. The second-order valence-electron chi connectivity index (χ2n) is 7.38. The molecule has 138 valence electrons. The normalized spacial score (nSPS) is 40.7. The molecular formula is C16H27NO7. The minimum atomic E-state index is -0.781. The van der Waals surface area contributed by atoms with Crippen LogP contribution in [0.1, 0.15) is 41.0 Å². The zero-order chi connectivity index (χ0) is 17.7. The summed E-state index contributed by atoms with van der Waals surface area (Å²) < 4.78 is 28.5. The number of fused-ring (bicyclic) bond motifs is 1. The van der Waals surface area contributed by atoms with Crippen molar-refractivity contribution in [3.05, 3.63) is 0 Å². The molecule has 0 saturated carbocycles.